The first-order valence-electron chi connectivity index (χ1n) is 27.0. The summed E-state index contributed by atoms with van der Waals surface area (Å²) in [5.41, 5.74) is 0. The van der Waals surface area contributed by atoms with Gasteiger partial charge in [-0.3, -0.25) is 14.1 Å². The maximum atomic E-state index is 12.8. The molecule has 0 aliphatic carbocycles. The van der Waals surface area contributed by atoms with Gasteiger partial charge in [-0.1, -0.05) is 0 Å². The van der Waals surface area contributed by atoms with Crippen molar-refractivity contribution in [3.8, 4) is 0 Å². The third-order valence-corrected chi connectivity index (χ3v) is 15.9. The van der Waals surface area contributed by atoms with E-state index >= 15 is 0 Å². The van der Waals surface area contributed by atoms with E-state index in [1.165, 1.54) is 13.8 Å². The molecule has 0 saturated carbocycles. The molecule has 7 aliphatic rings. The van der Waals surface area contributed by atoms with Crippen molar-refractivity contribution < 1.29 is 185 Å². The Hall–Kier alpha value is -2.92. The Kier molecular flexibility index (Phi) is 24.5. The molecule has 504 valence electrons. The first-order valence-corrected chi connectivity index (χ1v) is 28.3. The Morgan fingerprint density at radius 3 is 1.31 bits per heavy atom. The summed E-state index contributed by atoms with van der Waals surface area (Å²) in [6, 6.07) is -3.70. The van der Waals surface area contributed by atoms with Crippen LogP contribution in [-0.2, 0) is 90.5 Å². The number of aliphatic carboxylic acids is 1. The van der Waals surface area contributed by atoms with Crippen LogP contribution in [0.5, 0.6) is 0 Å². The summed E-state index contributed by atoms with van der Waals surface area (Å²) in [6.07, 6.45) is -68.2. The molecule has 0 bridgehead atoms. The first-order chi connectivity index (χ1) is 40.7. The van der Waals surface area contributed by atoms with E-state index in [2.05, 4.69) is 14.8 Å². The average molecular weight is 1300 g/mol. The topological polar surface area (TPSA) is 623 Å². The summed E-state index contributed by atoms with van der Waals surface area (Å²) in [5.74, 6) is -3.69. The zero-order chi connectivity index (χ0) is 64.6. The third-order valence-electron chi connectivity index (χ3n) is 15.4. The Bertz CT molecular complexity index is 2380. The number of carbonyl (C=O) groups excluding carboxylic acids is 2. The largest absolute Gasteiger partial charge is 0.479 e. The van der Waals surface area contributed by atoms with E-state index in [-0.39, 0.29) is 0 Å². The molecule has 41 heteroatoms. The molecule has 0 aromatic rings. The standard InChI is InChI=1S/C46H76N2O38S/c1-9-19(53)25(59)29(63)42(75-9)81-34-18(48-12(4)52)41(80-16(24(34)58)8-74-87(70,71)72)73-7-15-23(57)33(17(40(69)77-15)47-11(3)51)82-46-38(86-43-30(64)26(60)20(54)10(2)76-43)36(22(56)14(6-50)79-46)84-45-32(66)35(21(55)13(5-49)78-45)83-44-31(65)27(61)28(62)37(85-44)39(67)68/h9-10,13-38,40-46,49-50,53-66,69H,5-8H2,1-4H3,(H,47,51)(H,48,52)(H,67,68)(H,70,71,72)/t9-,10-,13+,14+,15+,16+,17+,18+,19+,20+,21-,22-,23-,24+,25+,26+,27-,28-,29-,30-,31+,32+,33+,34+,35-,36-,37-,38+,40-,41+,42-,43-,44+,45-,46-/m0/s1. The van der Waals surface area contributed by atoms with E-state index in [9.17, 15) is 119 Å². The zero-order valence-corrected chi connectivity index (χ0v) is 47.0. The van der Waals surface area contributed by atoms with Crippen molar-refractivity contribution in [1.29, 1.82) is 0 Å². The second-order valence-electron chi connectivity index (χ2n) is 21.6. The number of amides is 2. The number of ether oxygens (including phenoxy) is 13. The van der Waals surface area contributed by atoms with E-state index in [4.69, 9.17) is 61.6 Å². The van der Waals surface area contributed by atoms with Crippen LogP contribution in [0.3, 0.4) is 0 Å². The number of rotatable bonds is 21. The lowest BCUT2D eigenvalue weighted by Crippen LogP contribution is -2.70. The summed E-state index contributed by atoms with van der Waals surface area (Å²) in [4.78, 5) is 37.4. The lowest BCUT2D eigenvalue weighted by atomic mass is 9.94. The predicted molar refractivity (Wildman–Crippen MR) is 263 cm³/mol. The Morgan fingerprint density at radius 2 is 0.805 bits per heavy atom. The molecule has 21 N–H and O–H groups in total. The van der Waals surface area contributed by atoms with Crippen molar-refractivity contribution in [2.24, 2.45) is 0 Å². The number of aliphatic hydroxyl groups is 17. The van der Waals surface area contributed by atoms with Crippen LogP contribution in [0.1, 0.15) is 27.7 Å². The van der Waals surface area contributed by atoms with Crippen LogP contribution in [0.4, 0.5) is 0 Å². The van der Waals surface area contributed by atoms with E-state index in [1.807, 2.05) is 0 Å². The molecular weight excluding hydrogens is 1220 g/mol. The van der Waals surface area contributed by atoms with Gasteiger partial charge in [-0.15, -0.1) is 0 Å². The van der Waals surface area contributed by atoms with Gasteiger partial charge in [0, 0.05) is 13.8 Å². The van der Waals surface area contributed by atoms with Crippen molar-refractivity contribution in [2.75, 3.05) is 26.4 Å². The lowest BCUT2D eigenvalue weighted by molar-refractivity contribution is -0.405. The van der Waals surface area contributed by atoms with Crippen LogP contribution in [0, 0.1) is 0 Å². The molecule has 87 heavy (non-hydrogen) atoms. The molecule has 0 aromatic heterocycles. The van der Waals surface area contributed by atoms with Crippen molar-refractivity contribution >= 4 is 28.2 Å². The van der Waals surface area contributed by atoms with Gasteiger partial charge < -0.3 is 164 Å². The Balaban J connectivity index is 1.21. The highest BCUT2D eigenvalue weighted by Crippen LogP contribution is 2.38. The third kappa shape index (κ3) is 16.1. The van der Waals surface area contributed by atoms with E-state index < -0.39 is 269 Å². The van der Waals surface area contributed by atoms with Crippen LogP contribution in [0.25, 0.3) is 0 Å². The molecule has 0 spiro atoms. The monoisotopic (exact) mass is 1300 g/mol. The summed E-state index contributed by atoms with van der Waals surface area (Å²) < 4.78 is 112. The fourth-order valence-electron chi connectivity index (χ4n) is 10.7. The van der Waals surface area contributed by atoms with Gasteiger partial charge in [0.05, 0.1) is 38.6 Å². The smallest absolute Gasteiger partial charge is 0.397 e. The van der Waals surface area contributed by atoms with Crippen molar-refractivity contribution in [1.82, 2.24) is 10.6 Å². The molecule has 0 aromatic carbocycles. The highest BCUT2D eigenvalue weighted by molar-refractivity contribution is 7.80. The van der Waals surface area contributed by atoms with Gasteiger partial charge in [-0.05, 0) is 13.8 Å². The summed E-state index contributed by atoms with van der Waals surface area (Å²) in [7, 11) is -5.28. The molecule has 7 heterocycles. The van der Waals surface area contributed by atoms with Gasteiger partial charge in [0.1, 0.15) is 152 Å². The van der Waals surface area contributed by atoms with Gasteiger partial charge in [-0.2, -0.15) is 8.42 Å². The molecule has 7 rings (SSSR count). The molecule has 7 saturated heterocycles. The normalized spacial score (nSPS) is 49.1. The van der Waals surface area contributed by atoms with Crippen molar-refractivity contribution in [3.63, 3.8) is 0 Å². The van der Waals surface area contributed by atoms with Gasteiger partial charge in [0.15, 0.2) is 50.1 Å². The SMILES string of the molecule is CC(=O)N[C@@H]1[C@@H](O[C@@H]2O[C@H](CO)[C@H](O)[C@H](O[C@@H]3O[C@H](CO)[C@H](O)[C@H](O[C@@H]4O[C@H](C(=O)O)[C@@H](O)[C@H](O)[C@H]4O)[C@H]3O)[C@H]2O[C@@H]2O[C@@H](C)[C@@H](O)[C@@H](O)[C@@H]2O)[C@@H](O)[C@@H](CO[C@@H]2O[C@H](COS(=O)(=O)O)[C@@H](O)[C@H](O[C@@H]3O[C@@H](C)[C@@H](O)[C@@H](O)[C@@H]3O)[C@H]2NC(C)=O)O[C@@H]1O. The minimum Gasteiger partial charge on any atom is -0.479 e. The predicted octanol–water partition coefficient (Wildman–Crippen LogP) is -14.0. The number of nitrogens with one attached hydrogen (secondary N) is 2. The maximum Gasteiger partial charge on any atom is 0.397 e. The minimum absolute atomic E-state index is 0.893. The molecule has 7 aliphatic heterocycles. The molecule has 0 radical (unpaired) electrons. The van der Waals surface area contributed by atoms with Gasteiger partial charge >= 0.3 is 16.4 Å². The second kappa shape index (κ2) is 29.8. The minimum atomic E-state index is -5.28. The Labute approximate surface area is 491 Å². The summed E-state index contributed by atoms with van der Waals surface area (Å²) >= 11 is 0. The molecule has 7 fully saturated rings. The van der Waals surface area contributed by atoms with Crippen molar-refractivity contribution in [3.05, 3.63) is 0 Å². The summed E-state index contributed by atoms with van der Waals surface area (Å²) in [5, 5.41) is 201. The van der Waals surface area contributed by atoms with Gasteiger partial charge in [0.25, 0.3) is 0 Å². The highest BCUT2D eigenvalue weighted by Gasteiger charge is 2.59. The highest BCUT2D eigenvalue weighted by atomic mass is 32.3. The molecule has 0 unspecified atom stereocenters. The van der Waals surface area contributed by atoms with E-state index in [0.29, 0.717) is 0 Å². The molecule has 35 atom stereocenters. The Morgan fingerprint density at radius 1 is 0.414 bits per heavy atom. The van der Waals surface area contributed by atoms with Crippen LogP contribution in [0.2, 0.25) is 0 Å². The average Bonchev–Trinajstić information content (AvgIpc) is 1.28. The van der Waals surface area contributed by atoms with Crippen LogP contribution < -0.4 is 10.6 Å². The van der Waals surface area contributed by atoms with Gasteiger partial charge in [-0.25, -0.2) is 8.98 Å². The fourth-order valence-corrected chi connectivity index (χ4v) is 11.0. The second-order valence-corrected chi connectivity index (χ2v) is 22.7. The van der Waals surface area contributed by atoms with E-state index in [0.717, 1.165) is 13.8 Å². The molecule has 40 nitrogen and oxygen atoms in total. The number of aliphatic hydroxyl groups excluding tert-OH is 17. The number of hydrogen-bond acceptors (Lipinski definition) is 36. The number of hydrogen-bond donors (Lipinski definition) is 21. The van der Waals surface area contributed by atoms with Gasteiger partial charge in [0.2, 0.25) is 11.8 Å². The quantitative estimate of drug-likeness (QED) is 0.0475. The van der Waals surface area contributed by atoms with Crippen LogP contribution in [0.15, 0.2) is 0 Å². The van der Waals surface area contributed by atoms with Crippen LogP contribution in [-0.4, -0.2) is 364 Å². The lowest BCUT2D eigenvalue weighted by Gasteiger charge is -2.51. The number of carbonyl (C=O) groups is 3. The number of carboxylic acid groups (broad SMARTS) is 1. The molecule has 2 amide bonds. The van der Waals surface area contributed by atoms with E-state index in [1.54, 1.807) is 0 Å². The van der Waals surface area contributed by atoms with Crippen molar-refractivity contribution in [2.45, 2.75) is 243 Å². The molecular formula is C46H76N2O38S. The maximum absolute atomic E-state index is 12.8. The number of carboxylic acids is 1. The summed E-state index contributed by atoms with van der Waals surface area (Å²) in [6.45, 7) is -0.190. The van der Waals surface area contributed by atoms with Crippen LogP contribution >= 0.6 is 0 Å². The first kappa shape index (κ1) is 71.5. The zero-order valence-electron chi connectivity index (χ0n) is 46.2. The fraction of sp³-hybridized carbons (Fsp3) is 0.935.